The van der Waals surface area contributed by atoms with Gasteiger partial charge >= 0.3 is 5.91 Å². The zero-order valence-corrected chi connectivity index (χ0v) is 19.4. The first kappa shape index (κ1) is 22.6. The first-order valence-corrected chi connectivity index (χ1v) is 11.3. The highest BCUT2D eigenvalue weighted by Gasteiger charge is 2.20. The number of rotatable bonds is 6. The number of furan rings is 1. The number of halogens is 1. The largest absolute Gasteiger partial charge is 0.459 e. The number of carbonyl (C=O) groups excluding carboxylic acids is 2. The molecule has 2 heterocycles. The van der Waals surface area contributed by atoms with Crippen LogP contribution in [0.25, 0.3) is 17.1 Å². The summed E-state index contributed by atoms with van der Waals surface area (Å²) in [5, 5.41) is 9.76. The molecule has 0 spiro atoms. The molecule has 0 atom stereocenters. The molecule has 4 aromatic rings. The lowest BCUT2D eigenvalue weighted by molar-refractivity contribution is -0.119. The van der Waals surface area contributed by atoms with E-state index in [4.69, 9.17) is 16.0 Å². The van der Waals surface area contributed by atoms with Gasteiger partial charge in [-0.05, 0) is 55.3 Å². The molecule has 10 heteroatoms. The maximum absolute atomic E-state index is 12.3. The maximum Gasteiger partial charge on any atom is 0.305 e. The van der Waals surface area contributed by atoms with Crippen molar-refractivity contribution in [3.05, 3.63) is 82.8 Å². The third kappa shape index (κ3) is 5.10. The van der Waals surface area contributed by atoms with Crippen LogP contribution in [0.4, 0.5) is 0 Å². The van der Waals surface area contributed by atoms with Gasteiger partial charge in [0.1, 0.15) is 0 Å². The van der Waals surface area contributed by atoms with Crippen LogP contribution in [-0.4, -0.2) is 32.3 Å². The van der Waals surface area contributed by atoms with Crippen molar-refractivity contribution >= 4 is 35.2 Å². The van der Waals surface area contributed by atoms with Gasteiger partial charge in [-0.25, -0.2) is 0 Å². The average Bonchev–Trinajstić information content (AvgIpc) is 3.48. The van der Waals surface area contributed by atoms with Crippen molar-refractivity contribution in [1.82, 2.24) is 25.6 Å². The first-order valence-electron chi connectivity index (χ1n) is 9.97. The Morgan fingerprint density at radius 3 is 2.64 bits per heavy atom. The number of nitrogens with zero attached hydrogens (tertiary/aromatic N) is 3. The van der Waals surface area contributed by atoms with Crippen molar-refractivity contribution in [2.75, 3.05) is 5.75 Å². The summed E-state index contributed by atoms with van der Waals surface area (Å²) in [6, 6.07) is 16.6. The molecule has 0 unspecified atom stereocenters. The number of hydrazine groups is 1. The number of nitrogens with one attached hydrogen (secondary N) is 2. The fourth-order valence-electron chi connectivity index (χ4n) is 3.12. The van der Waals surface area contributed by atoms with Crippen LogP contribution in [0, 0.1) is 13.8 Å². The molecule has 0 radical (unpaired) electrons. The van der Waals surface area contributed by atoms with E-state index in [1.54, 1.807) is 12.1 Å². The molecule has 2 amide bonds. The zero-order valence-electron chi connectivity index (χ0n) is 17.8. The van der Waals surface area contributed by atoms with Gasteiger partial charge in [-0.1, -0.05) is 47.6 Å². The van der Waals surface area contributed by atoms with Gasteiger partial charge in [0.05, 0.1) is 22.7 Å². The van der Waals surface area contributed by atoms with Crippen LogP contribution in [0.15, 0.2) is 70.4 Å². The smallest absolute Gasteiger partial charge is 0.305 e. The quantitative estimate of drug-likeness (QED) is 0.313. The number of hydrogen-bond donors (Lipinski definition) is 2. The summed E-state index contributed by atoms with van der Waals surface area (Å²) in [6.07, 6.45) is 1.38. The molecule has 0 fully saturated rings. The number of amides is 2. The molecule has 4 rings (SSSR count). The predicted octanol–water partition coefficient (Wildman–Crippen LogP) is 4.35. The molecule has 0 aliphatic heterocycles. The molecular weight excluding hydrogens is 462 g/mol. The monoisotopic (exact) mass is 481 g/mol. The normalized spacial score (nSPS) is 10.8. The lowest BCUT2D eigenvalue weighted by Crippen LogP contribution is -2.42. The summed E-state index contributed by atoms with van der Waals surface area (Å²) >= 11 is 7.63. The van der Waals surface area contributed by atoms with E-state index in [2.05, 4.69) is 21.0 Å². The van der Waals surface area contributed by atoms with Crippen molar-refractivity contribution in [1.29, 1.82) is 0 Å². The van der Waals surface area contributed by atoms with Crippen molar-refractivity contribution in [2.45, 2.75) is 19.0 Å². The predicted molar refractivity (Wildman–Crippen MR) is 126 cm³/mol. The van der Waals surface area contributed by atoms with Gasteiger partial charge in [-0.3, -0.25) is 25.0 Å². The Balaban J connectivity index is 1.58. The summed E-state index contributed by atoms with van der Waals surface area (Å²) < 4.78 is 6.89. The van der Waals surface area contributed by atoms with Gasteiger partial charge in [0.25, 0.3) is 0 Å². The molecule has 2 aromatic carbocycles. The molecule has 8 nitrogen and oxygen atoms in total. The Hall–Kier alpha value is -3.56. The number of carbonyl (C=O) groups is 2. The van der Waals surface area contributed by atoms with E-state index < -0.39 is 11.8 Å². The topological polar surface area (TPSA) is 102 Å². The van der Waals surface area contributed by atoms with Crippen LogP contribution in [-0.2, 0) is 4.79 Å². The summed E-state index contributed by atoms with van der Waals surface area (Å²) in [5.41, 5.74) is 8.40. The van der Waals surface area contributed by atoms with Gasteiger partial charge in [-0.15, -0.1) is 10.2 Å². The Kier molecular flexibility index (Phi) is 6.81. The van der Waals surface area contributed by atoms with E-state index >= 15 is 0 Å². The Morgan fingerprint density at radius 2 is 1.88 bits per heavy atom. The van der Waals surface area contributed by atoms with E-state index in [1.807, 2.05) is 54.8 Å². The molecule has 0 saturated carbocycles. The average molecular weight is 482 g/mol. The number of hydrogen-bond acceptors (Lipinski definition) is 6. The Labute approximate surface area is 199 Å². The lowest BCUT2D eigenvalue weighted by atomic mass is 10.1. The second kappa shape index (κ2) is 9.93. The van der Waals surface area contributed by atoms with Crippen molar-refractivity contribution in [3.8, 4) is 17.1 Å². The highest BCUT2D eigenvalue weighted by molar-refractivity contribution is 7.99. The zero-order chi connectivity index (χ0) is 23.4. The third-order valence-corrected chi connectivity index (χ3v) is 6.00. The third-order valence-electron chi connectivity index (χ3n) is 4.75. The van der Waals surface area contributed by atoms with E-state index in [0.29, 0.717) is 16.0 Å². The van der Waals surface area contributed by atoms with Gasteiger partial charge in [-0.2, -0.15) is 0 Å². The first-order chi connectivity index (χ1) is 15.9. The summed E-state index contributed by atoms with van der Waals surface area (Å²) in [7, 11) is 0. The molecule has 2 N–H and O–H groups in total. The van der Waals surface area contributed by atoms with Gasteiger partial charge < -0.3 is 4.42 Å². The van der Waals surface area contributed by atoms with Crippen LogP contribution in [0.3, 0.4) is 0 Å². The highest BCUT2D eigenvalue weighted by Crippen LogP contribution is 2.33. The molecule has 168 valence electrons. The van der Waals surface area contributed by atoms with E-state index in [-0.39, 0.29) is 11.5 Å². The molecule has 0 aliphatic carbocycles. The molecule has 0 saturated heterocycles. The molecule has 0 aliphatic rings. The van der Waals surface area contributed by atoms with Crippen LogP contribution in [0.1, 0.15) is 21.7 Å². The summed E-state index contributed by atoms with van der Waals surface area (Å²) in [5.74, 6) is -0.276. The molecule has 0 bridgehead atoms. The summed E-state index contributed by atoms with van der Waals surface area (Å²) in [6.45, 7) is 4.00. The second-order valence-corrected chi connectivity index (χ2v) is 8.53. The minimum Gasteiger partial charge on any atom is -0.459 e. The van der Waals surface area contributed by atoms with Crippen LogP contribution >= 0.6 is 23.4 Å². The van der Waals surface area contributed by atoms with Gasteiger partial charge in [0.15, 0.2) is 16.7 Å². The SMILES string of the molecule is Cc1ccc(C)c(-n2c(SCC(=O)NNC(=O)c3ccco3)nnc2-c2ccccc2Cl)c1. The molecule has 33 heavy (non-hydrogen) atoms. The van der Waals surface area contributed by atoms with Gasteiger partial charge in [0, 0.05) is 5.56 Å². The van der Waals surface area contributed by atoms with Crippen molar-refractivity contribution in [2.24, 2.45) is 0 Å². The number of thioether (sulfide) groups is 1. The van der Waals surface area contributed by atoms with E-state index in [9.17, 15) is 9.59 Å². The number of benzene rings is 2. The van der Waals surface area contributed by atoms with E-state index in [1.165, 1.54) is 24.1 Å². The second-order valence-electron chi connectivity index (χ2n) is 7.18. The standard InChI is InChI=1S/C23H20ClN5O3S/c1-14-9-10-15(2)18(12-14)29-21(16-6-3-4-7-17(16)24)26-28-23(29)33-13-20(30)25-27-22(31)19-8-5-11-32-19/h3-12H,13H2,1-2H3,(H,25,30)(H,27,31). The molecule has 2 aromatic heterocycles. The van der Waals surface area contributed by atoms with Crippen LogP contribution < -0.4 is 10.9 Å². The maximum atomic E-state index is 12.3. The fourth-order valence-corrected chi connectivity index (χ4v) is 4.09. The molecular formula is C23H20ClN5O3S. The number of aromatic nitrogens is 3. The summed E-state index contributed by atoms with van der Waals surface area (Å²) in [4.78, 5) is 24.3. The Bertz CT molecular complexity index is 1300. The Morgan fingerprint density at radius 1 is 1.06 bits per heavy atom. The lowest BCUT2D eigenvalue weighted by Gasteiger charge is -2.14. The number of aryl methyl sites for hydroxylation is 2. The van der Waals surface area contributed by atoms with Crippen molar-refractivity contribution < 1.29 is 14.0 Å². The van der Waals surface area contributed by atoms with Gasteiger partial charge in [0.2, 0.25) is 5.91 Å². The van der Waals surface area contributed by atoms with Crippen LogP contribution in [0.5, 0.6) is 0 Å². The van der Waals surface area contributed by atoms with Crippen molar-refractivity contribution in [3.63, 3.8) is 0 Å². The van der Waals surface area contributed by atoms with Crippen LogP contribution in [0.2, 0.25) is 5.02 Å². The fraction of sp³-hybridized carbons (Fsp3) is 0.130. The van der Waals surface area contributed by atoms with E-state index in [0.717, 1.165) is 22.4 Å². The minimum atomic E-state index is -0.544. The minimum absolute atomic E-state index is 0.00392. The highest BCUT2D eigenvalue weighted by atomic mass is 35.5.